The highest BCUT2D eigenvalue weighted by atomic mass is 16.5. The maximum Gasteiger partial charge on any atom is 0.167 e. The predicted octanol–water partition coefficient (Wildman–Crippen LogP) is 5.40. The molecule has 1 heterocycles. The van der Waals surface area contributed by atoms with Gasteiger partial charge in [0.15, 0.2) is 11.4 Å². The standard InChI is InChI=1S/C24H25NO4/c1-24(2,3)11-10-19(27)15-4-7-17-14(12-15)5-9-21-22(17)23(25-29-21)18-8-6-16(26)13-20(18)28/h4-5,7,9,12,18H,6,8,10-11,13H2,1-3H3. The highest BCUT2D eigenvalue weighted by Gasteiger charge is 2.32. The monoisotopic (exact) mass is 391 g/mol. The minimum absolute atomic E-state index is 0.0117. The van der Waals surface area contributed by atoms with Crippen LogP contribution >= 0.6 is 0 Å². The van der Waals surface area contributed by atoms with E-state index in [9.17, 15) is 14.4 Å². The van der Waals surface area contributed by atoms with Gasteiger partial charge in [-0.1, -0.05) is 44.1 Å². The van der Waals surface area contributed by atoms with Gasteiger partial charge in [-0.2, -0.15) is 0 Å². The van der Waals surface area contributed by atoms with E-state index in [1.807, 2.05) is 30.3 Å². The van der Waals surface area contributed by atoms with E-state index in [2.05, 4.69) is 25.9 Å². The summed E-state index contributed by atoms with van der Waals surface area (Å²) < 4.78 is 5.49. The molecule has 3 aromatic rings. The second-order valence-electron chi connectivity index (χ2n) is 9.20. The van der Waals surface area contributed by atoms with Gasteiger partial charge in [0.05, 0.1) is 17.7 Å². The molecule has 150 valence electrons. The summed E-state index contributed by atoms with van der Waals surface area (Å²) >= 11 is 0. The summed E-state index contributed by atoms with van der Waals surface area (Å²) in [5.41, 5.74) is 2.03. The molecule has 0 aliphatic heterocycles. The number of rotatable bonds is 4. The fraction of sp³-hybridized carbons (Fsp3) is 0.417. The lowest BCUT2D eigenvalue weighted by Gasteiger charge is -2.18. The van der Waals surface area contributed by atoms with Gasteiger partial charge >= 0.3 is 0 Å². The molecule has 1 aliphatic rings. The van der Waals surface area contributed by atoms with Gasteiger partial charge in [-0.3, -0.25) is 14.4 Å². The van der Waals surface area contributed by atoms with Crippen LogP contribution in [-0.4, -0.2) is 22.5 Å². The quantitative estimate of drug-likeness (QED) is 0.440. The zero-order valence-corrected chi connectivity index (χ0v) is 17.1. The lowest BCUT2D eigenvalue weighted by molar-refractivity contribution is -0.130. The SMILES string of the molecule is CC(C)(C)CCC(=O)c1ccc2c(ccc3onc(C4CCC(=O)CC4=O)c32)c1. The molecule has 4 rings (SSSR count). The van der Waals surface area contributed by atoms with Crippen molar-refractivity contribution in [2.45, 2.75) is 58.8 Å². The number of hydrogen-bond donors (Lipinski definition) is 0. The lowest BCUT2D eigenvalue weighted by atomic mass is 9.83. The van der Waals surface area contributed by atoms with E-state index in [1.54, 1.807) is 0 Å². The van der Waals surface area contributed by atoms with E-state index in [1.165, 1.54) is 0 Å². The molecule has 1 aliphatic carbocycles. The van der Waals surface area contributed by atoms with Gasteiger partial charge in [-0.15, -0.1) is 0 Å². The first-order chi connectivity index (χ1) is 13.7. The van der Waals surface area contributed by atoms with Crippen molar-refractivity contribution in [1.29, 1.82) is 0 Å². The minimum Gasteiger partial charge on any atom is -0.356 e. The Morgan fingerprint density at radius 2 is 1.97 bits per heavy atom. The topological polar surface area (TPSA) is 77.2 Å². The summed E-state index contributed by atoms with van der Waals surface area (Å²) in [5.74, 6) is -0.383. The molecule has 1 aromatic heterocycles. The zero-order chi connectivity index (χ0) is 20.8. The molecule has 0 spiro atoms. The third kappa shape index (κ3) is 3.86. The van der Waals surface area contributed by atoms with Crippen LogP contribution < -0.4 is 0 Å². The van der Waals surface area contributed by atoms with E-state index in [0.717, 1.165) is 22.6 Å². The molecule has 1 unspecified atom stereocenters. The third-order valence-electron chi connectivity index (χ3n) is 5.71. The molecule has 5 heteroatoms. The summed E-state index contributed by atoms with van der Waals surface area (Å²) in [6, 6.07) is 9.41. The molecular formula is C24H25NO4. The molecule has 2 aromatic carbocycles. The van der Waals surface area contributed by atoms with E-state index < -0.39 is 5.92 Å². The first kappa shape index (κ1) is 19.5. The average Bonchev–Trinajstić information content (AvgIpc) is 3.09. The number of nitrogens with zero attached hydrogens (tertiary/aromatic N) is 1. The highest BCUT2D eigenvalue weighted by Crippen LogP contribution is 2.37. The number of carbonyl (C=O) groups excluding carboxylic acids is 3. The number of ketones is 3. The first-order valence-corrected chi connectivity index (χ1v) is 10.1. The van der Waals surface area contributed by atoms with Crippen LogP contribution in [0.2, 0.25) is 0 Å². The van der Waals surface area contributed by atoms with E-state index in [-0.39, 0.29) is 29.2 Å². The molecule has 1 saturated carbocycles. The Kier molecular flexibility index (Phi) is 4.85. The zero-order valence-electron chi connectivity index (χ0n) is 17.1. The molecule has 1 atom stereocenters. The van der Waals surface area contributed by atoms with E-state index >= 15 is 0 Å². The van der Waals surface area contributed by atoms with Crippen LogP contribution in [0.5, 0.6) is 0 Å². The minimum atomic E-state index is -0.410. The molecule has 0 bridgehead atoms. The van der Waals surface area contributed by atoms with Crippen LogP contribution in [0.15, 0.2) is 34.9 Å². The number of Topliss-reactive ketones (excluding diaryl/α,β-unsaturated/α-hetero) is 3. The van der Waals surface area contributed by atoms with Gasteiger partial charge in [-0.05, 0) is 41.2 Å². The summed E-state index contributed by atoms with van der Waals surface area (Å²) in [5, 5.41) is 6.83. The molecule has 29 heavy (non-hydrogen) atoms. The van der Waals surface area contributed by atoms with Crippen LogP contribution in [0.1, 0.15) is 74.8 Å². The maximum absolute atomic E-state index is 12.6. The summed E-state index contributed by atoms with van der Waals surface area (Å²) in [4.78, 5) is 36.6. The van der Waals surface area contributed by atoms with E-state index in [0.29, 0.717) is 36.1 Å². The van der Waals surface area contributed by atoms with Gasteiger partial charge in [-0.25, -0.2) is 0 Å². The summed E-state index contributed by atoms with van der Waals surface area (Å²) in [6.45, 7) is 6.39. The van der Waals surface area contributed by atoms with Crippen molar-refractivity contribution < 1.29 is 18.9 Å². The second kappa shape index (κ2) is 7.21. The number of fused-ring (bicyclic) bond motifs is 3. The molecule has 0 saturated heterocycles. The molecular weight excluding hydrogens is 366 g/mol. The summed E-state index contributed by atoms with van der Waals surface area (Å²) in [7, 11) is 0. The Bertz CT molecular complexity index is 1130. The van der Waals surface area contributed by atoms with Gasteiger partial charge in [0, 0.05) is 18.4 Å². The van der Waals surface area contributed by atoms with Gasteiger partial charge in [0.1, 0.15) is 17.3 Å². The van der Waals surface area contributed by atoms with Gasteiger partial charge < -0.3 is 4.52 Å². The molecule has 1 fully saturated rings. The average molecular weight is 391 g/mol. The number of carbonyl (C=O) groups is 3. The van der Waals surface area contributed by atoms with E-state index in [4.69, 9.17) is 4.52 Å². The van der Waals surface area contributed by atoms with Crippen LogP contribution in [-0.2, 0) is 9.59 Å². The normalized spacial score (nSPS) is 18.0. The van der Waals surface area contributed by atoms with Crippen molar-refractivity contribution in [3.05, 3.63) is 41.6 Å². The molecule has 5 nitrogen and oxygen atoms in total. The molecule has 0 radical (unpaired) electrons. The van der Waals surface area contributed by atoms with Crippen molar-refractivity contribution in [3.8, 4) is 0 Å². The van der Waals surface area contributed by atoms with Crippen molar-refractivity contribution in [3.63, 3.8) is 0 Å². The Morgan fingerprint density at radius 3 is 2.69 bits per heavy atom. The second-order valence-corrected chi connectivity index (χ2v) is 9.20. The van der Waals surface area contributed by atoms with Crippen LogP contribution in [0.3, 0.4) is 0 Å². The predicted molar refractivity (Wildman–Crippen MR) is 111 cm³/mol. The Balaban J connectivity index is 1.72. The lowest BCUT2D eigenvalue weighted by Crippen LogP contribution is -2.23. The molecule has 0 N–H and O–H groups in total. The van der Waals surface area contributed by atoms with Crippen LogP contribution in [0.25, 0.3) is 21.7 Å². The van der Waals surface area contributed by atoms with Crippen molar-refractivity contribution >= 4 is 39.1 Å². The van der Waals surface area contributed by atoms with Crippen LogP contribution in [0, 0.1) is 5.41 Å². The fourth-order valence-corrected chi connectivity index (χ4v) is 4.00. The molecule has 0 amide bonds. The largest absolute Gasteiger partial charge is 0.356 e. The van der Waals surface area contributed by atoms with Crippen LogP contribution in [0.4, 0.5) is 0 Å². The Morgan fingerprint density at radius 1 is 1.17 bits per heavy atom. The maximum atomic E-state index is 12.6. The first-order valence-electron chi connectivity index (χ1n) is 10.1. The Hall–Kier alpha value is -2.82. The number of hydrogen-bond acceptors (Lipinski definition) is 5. The third-order valence-corrected chi connectivity index (χ3v) is 5.71. The van der Waals surface area contributed by atoms with Gasteiger partial charge in [0.2, 0.25) is 0 Å². The summed E-state index contributed by atoms with van der Waals surface area (Å²) in [6.07, 6.45) is 2.18. The fourth-order valence-electron chi connectivity index (χ4n) is 4.00. The Labute approximate surface area is 169 Å². The smallest absolute Gasteiger partial charge is 0.167 e. The van der Waals surface area contributed by atoms with Crippen molar-refractivity contribution in [2.24, 2.45) is 5.41 Å². The highest BCUT2D eigenvalue weighted by molar-refractivity contribution is 6.12. The number of benzene rings is 2. The van der Waals surface area contributed by atoms with Crippen molar-refractivity contribution in [2.75, 3.05) is 0 Å². The number of aromatic nitrogens is 1. The van der Waals surface area contributed by atoms with Crippen molar-refractivity contribution in [1.82, 2.24) is 5.16 Å². The van der Waals surface area contributed by atoms with Gasteiger partial charge in [0.25, 0.3) is 0 Å².